The van der Waals surface area contributed by atoms with Gasteiger partial charge in [-0.05, 0) is 42.8 Å². The van der Waals surface area contributed by atoms with Gasteiger partial charge in [-0.2, -0.15) is 0 Å². The molecule has 0 radical (unpaired) electrons. The smallest absolute Gasteiger partial charge is 0.217 e. The van der Waals surface area contributed by atoms with Gasteiger partial charge in [-0.1, -0.05) is 28.1 Å². The van der Waals surface area contributed by atoms with Crippen molar-refractivity contribution in [2.75, 3.05) is 3.11 Å². The van der Waals surface area contributed by atoms with Crippen molar-refractivity contribution < 1.29 is 0 Å². The molecule has 1 N–H and O–H groups in total. The largest absolute Gasteiger partial charge is 0.323 e. The minimum Gasteiger partial charge on any atom is -0.323 e. The van der Waals surface area contributed by atoms with Crippen LogP contribution in [-0.2, 0) is 0 Å². The van der Waals surface area contributed by atoms with Crippen LogP contribution in [-0.4, -0.2) is 9.97 Å². The van der Waals surface area contributed by atoms with Gasteiger partial charge in [0.15, 0.2) is 0 Å². The molecule has 1 heterocycles. The SMILES string of the molecule is Cc1cccc2[nH]c(N(I)c3ccc(Br)cc3)nc12. The van der Waals surface area contributed by atoms with E-state index < -0.39 is 0 Å². The summed E-state index contributed by atoms with van der Waals surface area (Å²) in [5, 5.41) is 0. The number of para-hydroxylation sites is 1. The standard InChI is InChI=1S/C14H11BrIN3/c1-9-3-2-4-12-13(9)18-14(17-12)19(16)11-7-5-10(15)6-8-11/h2-8H,1H3,(H,17,18). The fraction of sp³-hybridized carbons (Fsp3) is 0.0714. The van der Waals surface area contributed by atoms with E-state index in [0.717, 1.165) is 27.1 Å². The molecular weight excluding hydrogens is 417 g/mol. The van der Waals surface area contributed by atoms with Crippen molar-refractivity contribution in [1.29, 1.82) is 0 Å². The second-order valence-electron chi connectivity index (χ2n) is 4.29. The molecule has 19 heavy (non-hydrogen) atoms. The van der Waals surface area contributed by atoms with Crippen LogP contribution in [0.4, 0.5) is 11.6 Å². The molecule has 0 spiro atoms. The van der Waals surface area contributed by atoms with Crippen LogP contribution < -0.4 is 3.11 Å². The van der Waals surface area contributed by atoms with E-state index in [2.05, 4.69) is 73.9 Å². The number of aromatic nitrogens is 2. The third-order valence-electron chi connectivity index (χ3n) is 2.94. The number of benzene rings is 2. The van der Waals surface area contributed by atoms with E-state index in [4.69, 9.17) is 0 Å². The van der Waals surface area contributed by atoms with Crippen molar-refractivity contribution in [1.82, 2.24) is 9.97 Å². The van der Waals surface area contributed by atoms with Gasteiger partial charge in [0.05, 0.1) is 39.6 Å². The van der Waals surface area contributed by atoms with Crippen molar-refractivity contribution in [3.63, 3.8) is 0 Å². The maximum Gasteiger partial charge on any atom is 0.217 e. The average Bonchev–Trinajstić information content (AvgIpc) is 2.84. The number of H-pyrrole nitrogens is 1. The number of aryl methyl sites for hydroxylation is 1. The Morgan fingerprint density at radius 2 is 1.89 bits per heavy atom. The Kier molecular flexibility index (Phi) is 3.49. The van der Waals surface area contributed by atoms with Crippen LogP contribution in [0.3, 0.4) is 0 Å². The molecule has 96 valence electrons. The lowest BCUT2D eigenvalue weighted by atomic mass is 10.2. The second kappa shape index (κ2) is 5.13. The van der Waals surface area contributed by atoms with Gasteiger partial charge in [0.1, 0.15) is 0 Å². The summed E-state index contributed by atoms with van der Waals surface area (Å²) < 4.78 is 3.09. The first-order valence-electron chi connectivity index (χ1n) is 5.82. The number of anilines is 2. The molecule has 3 rings (SSSR count). The van der Waals surface area contributed by atoms with E-state index in [9.17, 15) is 0 Å². The zero-order valence-corrected chi connectivity index (χ0v) is 13.9. The number of hydrogen-bond donors (Lipinski definition) is 1. The van der Waals surface area contributed by atoms with Crippen molar-refractivity contribution in [3.8, 4) is 0 Å². The molecular formula is C14H11BrIN3. The predicted octanol–water partition coefficient (Wildman–Crippen LogP) is 5.12. The van der Waals surface area contributed by atoms with E-state index in [-0.39, 0.29) is 0 Å². The first kappa shape index (κ1) is 12.9. The van der Waals surface area contributed by atoms with E-state index in [0.29, 0.717) is 0 Å². The first-order chi connectivity index (χ1) is 9.15. The normalized spacial score (nSPS) is 10.9. The number of fused-ring (bicyclic) bond motifs is 1. The zero-order chi connectivity index (χ0) is 13.4. The molecule has 0 amide bonds. The Labute approximate surface area is 133 Å². The summed E-state index contributed by atoms with van der Waals surface area (Å²) in [4.78, 5) is 8.01. The highest BCUT2D eigenvalue weighted by Crippen LogP contribution is 2.30. The van der Waals surface area contributed by atoms with Crippen LogP contribution in [0.25, 0.3) is 11.0 Å². The Morgan fingerprint density at radius 3 is 2.58 bits per heavy atom. The topological polar surface area (TPSA) is 31.9 Å². The van der Waals surface area contributed by atoms with Crippen molar-refractivity contribution in [3.05, 3.63) is 52.5 Å². The number of halogens is 2. The molecule has 0 aliphatic rings. The van der Waals surface area contributed by atoms with Crippen molar-refractivity contribution >= 4 is 61.5 Å². The van der Waals surface area contributed by atoms with Crippen LogP contribution >= 0.6 is 38.8 Å². The molecule has 0 fully saturated rings. The Hall–Kier alpha value is -1.08. The van der Waals surface area contributed by atoms with Gasteiger partial charge >= 0.3 is 0 Å². The molecule has 3 nitrogen and oxygen atoms in total. The van der Waals surface area contributed by atoms with E-state index in [1.54, 1.807) is 0 Å². The number of rotatable bonds is 2. The van der Waals surface area contributed by atoms with Gasteiger partial charge in [0.2, 0.25) is 5.95 Å². The number of nitrogens with one attached hydrogen (secondary N) is 1. The fourth-order valence-electron chi connectivity index (χ4n) is 1.95. The summed E-state index contributed by atoms with van der Waals surface area (Å²) in [7, 11) is 0. The lowest BCUT2D eigenvalue weighted by Gasteiger charge is -2.12. The maximum atomic E-state index is 4.66. The molecule has 0 atom stereocenters. The van der Waals surface area contributed by atoms with Crippen molar-refractivity contribution in [2.24, 2.45) is 0 Å². The van der Waals surface area contributed by atoms with Gasteiger partial charge in [-0.15, -0.1) is 0 Å². The molecule has 0 saturated carbocycles. The lowest BCUT2D eigenvalue weighted by molar-refractivity contribution is 1.26. The molecule has 0 aliphatic carbocycles. The average molecular weight is 428 g/mol. The van der Waals surface area contributed by atoms with Crippen LogP contribution in [0.5, 0.6) is 0 Å². The lowest BCUT2D eigenvalue weighted by Crippen LogP contribution is -2.02. The number of nitrogens with zero attached hydrogens (tertiary/aromatic N) is 2. The van der Waals surface area contributed by atoms with Gasteiger partial charge in [-0.25, -0.2) is 4.98 Å². The third-order valence-corrected chi connectivity index (χ3v) is 4.48. The summed E-state index contributed by atoms with van der Waals surface area (Å²) in [6.45, 7) is 2.07. The second-order valence-corrected chi connectivity index (χ2v) is 6.17. The van der Waals surface area contributed by atoms with Crippen molar-refractivity contribution in [2.45, 2.75) is 6.92 Å². The molecule has 3 aromatic rings. The Bertz CT molecular complexity index is 721. The molecule has 0 bridgehead atoms. The van der Waals surface area contributed by atoms with Gasteiger partial charge in [-0.3, -0.25) is 3.11 Å². The minimum atomic E-state index is 0.840. The van der Waals surface area contributed by atoms with Crippen LogP contribution in [0, 0.1) is 6.92 Å². The molecule has 0 saturated heterocycles. The van der Waals surface area contributed by atoms with E-state index >= 15 is 0 Å². The Balaban J connectivity index is 2.04. The molecule has 0 unspecified atom stereocenters. The zero-order valence-electron chi connectivity index (χ0n) is 10.2. The summed E-state index contributed by atoms with van der Waals surface area (Å²) >= 11 is 5.70. The van der Waals surface area contributed by atoms with Crippen LogP contribution in [0.2, 0.25) is 0 Å². The number of hydrogen-bond acceptors (Lipinski definition) is 2. The summed E-state index contributed by atoms with van der Waals surface area (Å²) in [6.07, 6.45) is 0. The summed E-state index contributed by atoms with van der Waals surface area (Å²) in [6, 6.07) is 14.3. The quantitative estimate of drug-likeness (QED) is 0.454. The van der Waals surface area contributed by atoms with E-state index in [1.807, 2.05) is 27.4 Å². The minimum absolute atomic E-state index is 0.840. The number of aromatic amines is 1. The fourth-order valence-corrected chi connectivity index (χ4v) is 2.76. The van der Waals surface area contributed by atoms with Gasteiger partial charge in [0.25, 0.3) is 0 Å². The first-order valence-corrected chi connectivity index (χ1v) is 7.58. The van der Waals surface area contributed by atoms with Gasteiger partial charge in [0, 0.05) is 4.47 Å². The maximum absolute atomic E-state index is 4.66. The third kappa shape index (κ3) is 2.49. The highest BCUT2D eigenvalue weighted by atomic mass is 127. The molecule has 5 heteroatoms. The van der Waals surface area contributed by atoms with Gasteiger partial charge < -0.3 is 4.98 Å². The highest BCUT2D eigenvalue weighted by Gasteiger charge is 2.11. The van der Waals surface area contributed by atoms with Crippen LogP contribution in [0.1, 0.15) is 5.56 Å². The summed E-state index contributed by atoms with van der Waals surface area (Å²) in [5.74, 6) is 0.840. The van der Waals surface area contributed by atoms with E-state index in [1.165, 1.54) is 5.56 Å². The predicted molar refractivity (Wildman–Crippen MR) is 91.1 cm³/mol. The molecule has 2 aromatic carbocycles. The van der Waals surface area contributed by atoms with Crippen LogP contribution in [0.15, 0.2) is 46.9 Å². The monoisotopic (exact) mass is 427 g/mol. The number of imidazole rings is 1. The summed E-state index contributed by atoms with van der Waals surface area (Å²) in [5.41, 5.74) is 4.35. The molecule has 1 aromatic heterocycles. The Morgan fingerprint density at radius 1 is 1.16 bits per heavy atom. The highest BCUT2D eigenvalue weighted by molar-refractivity contribution is 14.1. The molecule has 0 aliphatic heterocycles.